The van der Waals surface area contributed by atoms with Gasteiger partial charge in [0.15, 0.2) is 5.82 Å². The first-order valence-corrected chi connectivity index (χ1v) is 7.75. The molecule has 0 aliphatic carbocycles. The van der Waals surface area contributed by atoms with Crippen molar-refractivity contribution in [3.05, 3.63) is 47.4 Å². The first kappa shape index (κ1) is 18.8. The molecule has 0 radical (unpaired) electrons. The monoisotopic (exact) mass is 358 g/mol. The summed E-state index contributed by atoms with van der Waals surface area (Å²) in [7, 11) is 0. The van der Waals surface area contributed by atoms with Gasteiger partial charge in [0.1, 0.15) is 5.56 Å². The van der Waals surface area contributed by atoms with Crippen LogP contribution in [0.5, 0.6) is 0 Å². The van der Waals surface area contributed by atoms with E-state index in [1.807, 2.05) is 0 Å². The molecule has 9 nitrogen and oxygen atoms in total. The summed E-state index contributed by atoms with van der Waals surface area (Å²) in [6.45, 7) is 5.44. The highest BCUT2D eigenvalue weighted by Crippen LogP contribution is 2.18. The molecule has 0 aliphatic heterocycles. The quantitative estimate of drug-likeness (QED) is 0.594. The SMILES string of the molecule is CCOC(=O)c1c(C)nn(-c2ccc(NC(=O)/C=C\C(=O)O)cn2)c1C. The number of nitrogens with one attached hydrogen (secondary N) is 1. The third kappa shape index (κ3) is 4.32. The van der Waals surface area contributed by atoms with Gasteiger partial charge < -0.3 is 15.2 Å². The number of aliphatic carboxylic acids is 1. The molecule has 0 atom stereocenters. The number of aryl methyl sites for hydroxylation is 1. The summed E-state index contributed by atoms with van der Waals surface area (Å²) < 4.78 is 6.54. The molecule has 9 heteroatoms. The van der Waals surface area contributed by atoms with E-state index in [0.717, 1.165) is 12.2 Å². The highest BCUT2D eigenvalue weighted by molar-refractivity contribution is 6.02. The highest BCUT2D eigenvalue weighted by Gasteiger charge is 2.20. The van der Waals surface area contributed by atoms with Gasteiger partial charge in [-0.05, 0) is 32.9 Å². The van der Waals surface area contributed by atoms with Crippen LogP contribution in [0.4, 0.5) is 5.69 Å². The van der Waals surface area contributed by atoms with Gasteiger partial charge in [-0.1, -0.05) is 0 Å². The van der Waals surface area contributed by atoms with Crippen molar-refractivity contribution in [3.8, 4) is 5.82 Å². The predicted octanol–water partition coefficient (Wildman–Crippen LogP) is 1.64. The molecule has 0 spiro atoms. The maximum atomic E-state index is 12.0. The average Bonchev–Trinajstić information content (AvgIpc) is 2.88. The van der Waals surface area contributed by atoms with Crippen LogP contribution >= 0.6 is 0 Å². The molecular weight excluding hydrogens is 340 g/mol. The van der Waals surface area contributed by atoms with Crippen LogP contribution in [-0.2, 0) is 14.3 Å². The van der Waals surface area contributed by atoms with Gasteiger partial charge in [0.05, 0.1) is 29.9 Å². The molecule has 0 aliphatic rings. The van der Waals surface area contributed by atoms with Crippen LogP contribution in [0.25, 0.3) is 5.82 Å². The average molecular weight is 358 g/mol. The lowest BCUT2D eigenvalue weighted by molar-refractivity contribution is -0.131. The van der Waals surface area contributed by atoms with Crippen LogP contribution in [0.2, 0.25) is 0 Å². The van der Waals surface area contributed by atoms with Crippen molar-refractivity contribution in [1.82, 2.24) is 14.8 Å². The van der Waals surface area contributed by atoms with Crippen LogP contribution in [-0.4, -0.2) is 44.3 Å². The number of carbonyl (C=O) groups is 3. The van der Waals surface area contributed by atoms with Crippen LogP contribution < -0.4 is 5.32 Å². The van der Waals surface area contributed by atoms with Crippen molar-refractivity contribution in [2.75, 3.05) is 11.9 Å². The molecule has 0 unspecified atom stereocenters. The molecule has 1 amide bonds. The summed E-state index contributed by atoms with van der Waals surface area (Å²) in [5, 5.41) is 15.3. The Morgan fingerprint density at radius 3 is 2.58 bits per heavy atom. The number of aromatic nitrogens is 3. The second kappa shape index (κ2) is 8.06. The van der Waals surface area contributed by atoms with E-state index in [2.05, 4.69) is 15.4 Å². The Bertz CT molecular complexity index is 868. The molecule has 2 rings (SSSR count). The van der Waals surface area contributed by atoms with Gasteiger partial charge in [-0.2, -0.15) is 5.10 Å². The van der Waals surface area contributed by atoms with E-state index in [9.17, 15) is 14.4 Å². The Morgan fingerprint density at radius 2 is 2.00 bits per heavy atom. The number of ether oxygens (including phenoxy) is 1. The molecule has 0 bridgehead atoms. The Labute approximate surface area is 149 Å². The zero-order valence-corrected chi connectivity index (χ0v) is 14.5. The molecule has 2 aromatic heterocycles. The van der Waals surface area contributed by atoms with Gasteiger partial charge in [0, 0.05) is 12.2 Å². The van der Waals surface area contributed by atoms with Crippen LogP contribution in [0.15, 0.2) is 30.5 Å². The number of hydrogen-bond acceptors (Lipinski definition) is 6. The number of amides is 1. The van der Waals surface area contributed by atoms with Gasteiger partial charge in [-0.3, -0.25) is 4.79 Å². The summed E-state index contributed by atoms with van der Waals surface area (Å²) in [6.07, 6.45) is 3.05. The number of anilines is 1. The van der Waals surface area contributed by atoms with Gasteiger partial charge >= 0.3 is 11.9 Å². The second-order valence-electron chi connectivity index (χ2n) is 5.24. The second-order valence-corrected chi connectivity index (χ2v) is 5.24. The molecule has 0 saturated heterocycles. The Morgan fingerprint density at radius 1 is 1.27 bits per heavy atom. The lowest BCUT2D eigenvalue weighted by Crippen LogP contribution is -2.10. The minimum atomic E-state index is -1.21. The number of esters is 1. The van der Waals surface area contributed by atoms with E-state index >= 15 is 0 Å². The molecule has 0 fully saturated rings. The summed E-state index contributed by atoms with van der Waals surface area (Å²) in [5.74, 6) is -1.78. The number of nitrogens with zero attached hydrogens (tertiary/aromatic N) is 3. The van der Waals surface area contributed by atoms with Gasteiger partial charge in [-0.25, -0.2) is 19.3 Å². The fourth-order valence-electron chi connectivity index (χ4n) is 2.28. The predicted molar refractivity (Wildman–Crippen MR) is 92.2 cm³/mol. The van der Waals surface area contributed by atoms with Crippen LogP contribution in [0.1, 0.15) is 28.7 Å². The molecule has 0 saturated carbocycles. The van der Waals surface area contributed by atoms with Crippen LogP contribution in [0, 0.1) is 13.8 Å². The van der Waals surface area contributed by atoms with E-state index in [4.69, 9.17) is 9.84 Å². The van der Waals surface area contributed by atoms with Crippen molar-refractivity contribution in [2.24, 2.45) is 0 Å². The molecule has 2 heterocycles. The number of carbonyl (C=O) groups excluding carboxylic acids is 2. The Kier molecular flexibility index (Phi) is 5.84. The first-order chi connectivity index (χ1) is 12.3. The molecule has 26 heavy (non-hydrogen) atoms. The van der Waals surface area contributed by atoms with Crippen LogP contribution in [0.3, 0.4) is 0 Å². The Balaban J connectivity index is 2.21. The van der Waals surface area contributed by atoms with Gasteiger partial charge in [0.2, 0.25) is 5.91 Å². The number of rotatable bonds is 6. The standard InChI is InChI=1S/C17H18N4O5/c1-4-26-17(25)16-10(2)20-21(11(16)3)13-6-5-12(9-18-13)19-14(22)7-8-15(23)24/h5-9H,4H2,1-3H3,(H,19,22)(H,23,24)/b8-7-. The van der Waals surface area contributed by atoms with Gasteiger partial charge in [-0.15, -0.1) is 0 Å². The highest BCUT2D eigenvalue weighted by atomic mass is 16.5. The number of pyridine rings is 1. The third-order valence-corrected chi connectivity index (χ3v) is 3.38. The normalized spacial score (nSPS) is 10.7. The summed E-state index contributed by atoms with van der Waals surface area (Å²) in [5.41, 5.74) is 1.90. The minimum absolute atomic E-state index is 0.270. The largest absolute Gasteiger partial charge is 0.478 e. The van der Waals surface area contributed by atoms with Crippen molar-refractivity contribution in [2.45, 2.75) is 20.8 Å². The molecular formula is C17H18N4O5. The van der Waals surface area contributed by atoms with E-state index in [1.54, 1.807) is 32.9 Å². The number of carboxylic acid groups (broad SMARTS) is 1. The van der Waals surface area contributed by atoms with E-state index in [1.165, 1.54) is 10.9 Å². The maximum absolute atomic E-state index is 12.0. The van der Waals surface area contributed by atoms with Crippen molar-refractivity contribution < 1.29 is 24.2 Å². The van der Waals surface area contributed by atoms with E-state index in [0.29, 0.717) is 28.5 Å². The fourth-order valence-corrected chi connectivity index (χ4v) is 2.28. The smallest absolute Gasteiger partial charge is 0.341 e. The van der Waals surface area contributed by atoms with Crippen molar-refractivity contribution in [1.29, 1.82) is 0 Å². The molecule has 136 valence electrons. The summed E-state index contributed by atoms with van der Waals surface area (Å²) >= 11 is 0. The van der Waals surface area contributed by atoms with Crippen molar-refractivity contribution >= 4 is 23.5 Å². The molecule has 2 N–H and O–H groups in total. The minimum Gasteiger partial charge on any atom is -0.478 e. The summed E-state index contributed by atoms with van der Waals surface area (Å²) in [4.78, 5) is 38.2. The first-order valence-electron chi connectivity index (χ1n) is 7.75. The number of carboxylic acids is 1. The zero-order valence-electron chi connectivity index (χ0n) is 14.5. The van der Waals surface area contributed by atoms with Crippen molar-refractivity contribution in [3.63, 3.8) is 0 Å². The van der Waals surface area contributed by atoms with E-state index < -0.39 is 17.8 Å². The zero-order chi connectivity index (χ0) is 19.3. The maximum Gasteiger partial charge on any atom is 0.341 e. The Hall–Kier alpha value is -3.49. The lowest BCUT2D eigenvalue weighted by Gasteiger charge is -2.06. The number of hydrogen-bond donors (Lipinski definition) is 2. The summed E-state index contributed by atoms with van der Waals surface area (Å²) in [6, 6.07) is 3.21. The third-order valence-electron chi connectivity index (χ3n) is 3.38. The lowest BCUT2D eigenvalue weighted by atomic mass is 10.2. The molecule has 0 aromatic carbocycles. The fraction of sp³-hybridized carbons (Fsp3) is 0.235. The van der Waals surface area contributed by atoms with Gasteiger partial charge in [0.25, 0.3) is 0 Å². The molecule has 2 aromatic rings. The van der Waals surface area contributed by atoms with E-state index in [-0.39, 0.29) is 6.61 Å². The topological polar surface area (TPSA) is 123 Å².